The van der Waals surface area contributed by atoms with E-state index in [0.717, 1.165) is 11.3 Å². The Labute approximate surface area is 120 Å². The zero-order chi connectivity index (χ0) is 15.0. The third-order valence-electron chi connectivity index (χ3n) is 3.41. The van der Waals surface area contributed by atoms with Gasteiger partial charge in [-0.25, -0.2) is 4.68 Å². The predicted octanol–water partition coefficient (Wildman–Crippen LogP) is 0.753. The van der Waals surface area contributed by atoms with Crippen LogP contribution in [0.3, 0.4) is 0 Å². The van der Waals surface area contributed by atoms with Crippen LogP contribution in [0.2, 0.25) is 0 Å². The second kappa shape index (κ2) is 4.83. The van der Waals surface area contributed by atoms with Crippen molar-refractivity contribution in [3.63, 3.8) is 0 Å². The number of hydrogen-bond donors (Lipinski definition) is 0. The minimum Gasteiger partial charge on any atom is -0.270 e. The molecule has 0 aliphatic carbocycles. The summed E-state index contributed by atoms with van der Waals surface area (Å²) < 4.78 is 2.89. The molecular formula is C14H12N6O. The minimum atomic E-state index is -0.270. The van der Waals surface area contributed by atoms with Crippen LogP contribution in [0.5, 0.6) is 0 Å². The lowest BCUT2D eigenvalue weighted by Gasteiger charge is -2.03. The topological polar surface area (TPSA) is 89.4 Å². The lowest BCUT2D eigenvalue weighted by molar-refractivity contribution is 0.599. The average Bonchev–Trinajstić information content (AvgIpc) is 2.79. The molecule has 21 heavy (non-hydrogen) atoms. The van der Waals surface area contributed by atoms with Gasteiger partial charge < -0.3 is 0 Å². The highest BCUT2D eigenvalue weighted by Gasteiger charge is 2.13. The van der Waals surface area contributed by atoms with Crippen molar-refractivity contribution in [2.24, 2.45) is 7.05 Å². The first kappa shape index (κ1) is 13.0. The molecule has 7 heteroatoms. The van der Waals surface area contributed by atoms with E-state index in [2.05, 4.69) is 21.5 Å². The molecule has 0 N–H and O–H groups in total. The molecule has 0 amide bonds. The summed E-state index contributed by atoms with van der Waals surface area (Å²) in [6, 6.07) is 9.05. The van der Waals surface area contributed by atoms with E-state index in [4.69, 9.17) is 5.26 Å². The van der Waals surface area contributed by atoms with E-state index in [0.29, 0.717) is 23.1 Å². The van der Waals surface area contributed by atoms with Gasteiger partial charge in [-0.2, -0.15) is 10.4 Å². The fraction of sp³-hybridized carbons (Fsp3) is 0.214. The van der Waals surface area contributed by atoms with Gasteiger partial charge >= 0.3 is 0 Å². The molecule has 0 bridgehead atoms. The van der Waals surface area contributed by atoms with Crippen LogP contribution in [0, 0.1) is 18.3 Å². The minimum absolute atomic E-state index is 0.270. The number of fused-ring (bicyclic) bond motifs is 1. The van der Waals surface area contributed by atoms with Crippen LogP contribution >= 0.6 is 0 Å². The maximum Gasteiger partial charge on any atom is 0.298 e. The third-order valence-corrected chi connectivity index (χ3v) is 3.41. The van der Waals surface area contributed by atoms with Crippen molar-refractivity contribution < 1.29 is 0 Å². The van der Waals surface area contributed by atoms with Crippen LogP contribution in [0.1, 0.15) is 16.8 Å². The normalized spacial score (nSPS) is 10.7. The van der Waals surface area contributed by atoms with E-state index < -0.39 is 0 Å². The summed E-state index contributed by atoms with van der Waals surface area (Å²) in [6.07, 6.45) is 0. The fourth-order valence-electron chi connectivity index (χ4n) is 2.08. The Hall–Kier alpha value is -3.01. The smallest absolute Gasteiger partial charge is 0.270 e. The van der Waals surface area contributed by atoms with Gasteiger partial charge in [-0.3, -0.25) is 9.48 Å². The summed E-state index contributed by atoms with van der Waals surface area (Å²) in [7, 11) is 1.77. The maximum atomic E-state index is 12.4. The predicted molar refractivity (Wildman–Crippen MR) is 75.6 cm³/mol. The summed E-state index contributed by atoms with van der Waals surface area (Å²) in [5.41, 5.74) is 2.83. The van der Waals surface area contributed by atoms with Crippen molar-refractivity contribution in [3.05, 3.63) is 51.4 Å². The van der Waals surface area contributed by atoms with E-state index >= 15 is 0 Å². The zero-order valence-corrected chi connectivity index (χ0v) is 11.6. The molecule has 0 spiro atoms. The Morgan fingerprint density at radius 3 is 2.62 bits per heavy atom. The number of nitrogens with zero attached hydrogens (tertiary/aromatic N) is 6. The van der Waals surface area contributed by atoms with Crippen LogP contribution in [-0.4, -0.2) is 24.8 Å². The summed E-state index contributed by atoms with van der Waals surface area (Å²) in [6.45, 7) is 2.14. The first-order valence-corrected chi connectivity index (χ1v) is 6.36. The van der Waals surface area contributed by atoms with E-state index in [1.165, 1.54) is 4.68 Å². The Morgan fingerprint density at radius 1 is 1.24 bits per heavy atom. The second-order valence-corrected chi connectivity index (χ2v) is 4.77. The van der Waals surface area contributed by atoms with E-state index in [1.54, 1.807) is 36.0 Å². The molecule has 3 aromatic rings. The second-order valence-electron chi connectivity index (χ2n) is 4.77. The lowest BCUT2D eigenvalue weighted by atomic mass is 10.1. The largest absolute Gasteiger partial charge is 0.298 e. The highest BCUT2D eigenvalue weighted by molar-refractivity contribution is 5.74. The molecule has 0 unspecified atom stereocenters. The summed E-state index contributed by atoms with van der Waals surface area (Å²) in [5.74, 6) is 0. The van der Waals surface area contributed by atoms with Crippen LogP contribution < -0.4 is 5.56 Å². The monoisotopic (exact) mass is 280 g/mol. The molecule has 2 heterocycles. The summed E-state index contributed by atoms with van der Waals surface area (Å²) in [4.78, 5) is 12.4. The zero-order valence-electron chi connectivity index (χ0n) is 11.6. The van der Waals surface area contributed by atoms with Gasteiger partial charge in [-0.15, -0.1) is 5.10 Å². The van der Waals surface area contributed by atoms with Crippen molar-refractivity contribution in [2.45, 2.75) is 13.5 Å². The van der Waals surface area contributed by atoms with Crippen molar-refractivity contribution >= 4 is 11.0 Å². The van der Waals surface area contributed by atoms with Crippen molar-refractivity contribution in [1.82, 2.24) is 24.8 Å². The average molecular weight is 280 g/mol. The molecular weight excluding hydrogens is 268 g/mol. The van der Waals surface area contributed by atoms with E-state index in [-0.39, 0.29) is 5.56 Å². The molecule has 0 fully saturated rings. The number of hydrogen-bond acceptors (Lipinski definition) is 5. The van der Waals surface area contributed by atoms with Gasteiger partial charge in [-0.05, 0) is 24.6 Å². The first-order chi connectivity index (χ1) is 10.1. The summed E-state index contributed by atoms with van der Waals surface area (Å²) >= 11 is 0. The molecule has 0 aliphatic heterocycles. The van der Waals surface area contributed by atoms with Gasteiger partial charge in [0.1, 0.15) is 5.52 Å². The van der Waals surface area contributed by atoms with Gasteiger partial charge in [0.25, 0.3) is 5.56 Å². The van der Waals surface area contributed by atoms with Gasteiger partial charge in [0.15, 0.2) is 5.52 Å². The van der Waals surface area contributed by atoms with Crippen molar-refractivity contribution in [3.8, 4) is 6.07 Å². The Kier molecular flexibility index (Phi) is 2.99. The molecule has 0 saturated carbocycles. The Bertz CT molecular complexity index is 914. The molecule has 7 nitrogen and oxygen atoms in total. The molecule has 104 valence electrons. The SMILES string of the molecule is Cc1c2nnn(Cc3ccc(C#N)cc3)c(=O)c2nn1C. The number of aromatic nitrogens is 5. The van der Waals surface area contributed by atoms with Gasteiger partial charge in [-0.1, -0.05) is 17.3 Å². The van der Waals surface area contributed by atoms with Crippen LogP contribution in [0.25, 0.3) is 11.0 Å². The van der Waals surface area contributed by atoms with E-state index in [1.807, 2.05) is 6.92 Å². The molecule has 0 atom stereocenters. The third kappa shape index (κ3) is 2.17. The fourth-order valence-corrected chi connectivity index (χ4v) is 2.08. The van der Waals surface area contributed by atoms with Crippen molar-refractivity contribution in [1.29, 1.82) is 5.26 Å². The first-order valence-electron chi connectivity index (χ1n) is 6.36. The van der Waals surface area contributed by atoms with Gasteiger partial charge in [0, 0.05) is 7.05 Å². The number of aryl methyl sites for hydroxylation is 2. The molecule has 2 aromatic heterocycles. The molecule has 1 aromatic carbocycles. The highest BCUT2D eigenvalue weighted by Crippen LogP contribution is 2.09. The molecule has 3 rings (SSSR count). The Morgan fingerprint density at radius 2 is 1.95 bits per heavy atom. The molecule has 0 radical (unpaired) electrons. The standard InChI is InChI=1S/C14H12N6O/c1-9-12-13(17-19(9)2)14(21)20(18-16-12)8-11-5-3-10(7-15)4-6-11/h3-6H,8H2,1-2H3. The van der Waals surface area contributed by atoms with Crippen LogP contribution in [-0.2, 0) is 13.6 Å². The lowest BCUT2D eigenvalue weighted by Crippen LogP contribution is -2.24. The maximum absolute atomic E-state index is 12.4. The quantitative estimate of drug-likeness (QED) is 0.691. The molecule has 0 aliphatic rings. The molecule has 0 saturated heterocycles. The van der Waals surface area contributed by atoms with Gasteiger partial charge in [0.2, 0.25) is 0 Å². The number of nitriles is 1. The van der Waals surface area contributed by atoms with Crippen LogP contribution in [0.15, 0.2) is 29.1 Å². The van der Waals surface area contributed by atoms with Gasteiger partial charge in [0.05, 0.1) is 23.9 Å². The number of benzene rings is 1. The number of rotatable bonds is 2. The van der Waals surface area contributed by atoms with Crippen molar-refractivity contribution in [2.75, 3.05) is 0 Å². The highest BCUT2D eigenvalue weighted by atomic mass is 16.1. The summed E-state index contributed by atoms with van der Waals surface area (Å²) in [5, 5.41) is 21.0. The Balaban J connectivity index is 2.03. The van der Waals surface area contributed by atoms with E-state index in [9.17, 15) is 4.79 Å². The van der Waals surface area contributed by atoms with Crippen LogP contribution in [0.4, 0.5) is 0 Å².